The average Bonchev–Trinajstić information content (AvgIpc) is 2.96. The summed E-state index contributed by atoms with van der Waals surface area (Å²) < 4.78 is 2.06. The lowest BCUT2D eigenvalue weighted by Crippen LogP contribution is -2.10. The quantitative estimate of drug-likeness (QED) is 0.675. The molecule has 3 nitrogen and oxygen atoms in total. The Kier molecular flexibility index (Phi) is 2.42. The molecule has 4 rings (SSSR count). The Labute approximate surface area is 115 Å². The third-order valence-electron chi connectivity index (χ3n) is 3.32. The zero-order valence-electron chi connectivity index (χ0n) is 10.1. The molecule has 0 fully saturated rings. The summed E-state index contributed by atoms with van der Waals surface area (Å²) in [6.07, 6.45) is 1.78. The molecule has 0 bridgehead atoms. The van der Waals surface area contributed by atoms with Crippen LogP contribution < -0.4 is 0 Å². The van der Waals surface area contributed by atoms with Crippen LogP contribution in [0.25, 0.3) is 5.69 Å². The Balaban J connectivity index is 1.93. The van der Waals surface area contributed by atoms with E-state index in [1.165, 1.54) is 16.8 Å². The predicted octanol–water partition coefficient (Wildman–Crippen LogP) is 3.46. The SMILES string of the molecule is c1ccc(C2Sc3nncn3-c3ccccc32)cc1. The van der Waals surface area contributed by atoms with Gasteiger partial charge >= 0.3 is 0 Å². The van der Waals surface area contributed by atoms with Crippen LogP contribution in [0.15, 0.2) is 66.1 Å². The number of rotatable bonds is 1. The predicted molar refractivity (Wildman–Crippen MR) is 75.5 cm³/mol. The van der Waals surface area contributed by atoms with E-state index in [0.29, 0.717) is 0 Å². The van der Waals surface area contributed by atoms with Crippen molar-refractivity contribution in [3.8, 4) is 5.69 Å². The molecule has 0 saturated heterocycles. The summed E-state index contributed by atoms with van der Waals surface area (Å²) in [7, 11) is 0. The highest BCUT2D eigenvalue weighted by Gasteiger charge is 2.27. The summed E-state index contributed by atoms with van der Waals surface area (Å²) in [6.45, 7) is 0. The summed E-state index contributed by atoms with van der Waals surface area (Å²) in [6, 6.07) is 19.0. The number of para-hydroxylation sites is 1. The van der Waals surface area contributed by atoms with Crippen molar-refractivity contribution in [2.24, 2.45) is 0 Å². The van der Waals surface area contributed by atoms with Gasteiger partial charge in [0.15, 0.2) is 5.16 Å². The number of thioether (sulfide) groups is 1. The molecule has 1 atom stereocenters. The van der Waals surface area contributed by atoms with Crippen LogP contribution in [0.1, 0.15) is 16.4 Å². The Bertz CT molecular complexity index is 721. The first-order valence-electron chi connectivity index (χ1n) is 6.14. The van der Waals surface area contributed by atoms with Gasteiger partial charge in [0.1, 0.15) is 6.33 Å². The van der Waals surface area contributed by atoms with Crippen LogP contribution in [0, 0.1) is 0 Å². The fraction of sp³-hybridized carbons (Fsp3) is 0.0667. The number of hydrogen-bond donors (Lipinski definition) is 0. The van der Waals surface area contributed by atoms with Crippen molar-refractivity contribution in [3.63, 3.8) is 0 Å². The lowest BCUT2D eigenvalue weighted by atomic mass is 10.0. The van der Waals surface area contributed by atoms with Gasteiger partial charge in [0.25, 0.3) is 0 Å². The van der Waals surface area contributed by atoms with E-state index in [1.54, 1.807) is 18.1 Å². The molecule has 3 aromatic rings. The van der Waals surface area contributed by atoms with E-state index in [2.05, 4.69) is 63.3 Å². The summed E-state index contributed by atoms with van der Waals surface area (Å²) in [5.74, 6) is 0. The normalized spacial score (nSPS) is 16.7. The third-order valence-corrected chi connectivity index (χ3v) is 4.57. The molecule has 1 aliphatic heterocycles. The smallest absolute Gasteiger partial charge is 0.196 e. The summed E-state index contributed by atoms with van der Waals surface area (Å²) in [4.78, 5) is 0. The second kappa shape index (κ2) is 4.24. The molecular weight excluding hydrogens is 254 g/mol. The van der Waals surface area contributed by atoms with Crippen LogP contribution in [-0.4, -0.2) is 14.8 Å². The molecule has 2 heterocycles. The second-order valence-electron chi connectivity index (χ2n) is 4.45. The van der Waals surface area contributed by atoms with Crippen molar-refractivity contribution < 1.29 is 0 Å². The van der Waals surface area contributed by atoms with E-state index < -0.39 is 0 Å². The van der Waals surface area contributed by atoms with Crippen molar-refractivity contribution in [1.82, 2.24) is 14.8 Å². The second-order valence-corrected chi connectivity index (χ2v) is 5.52. The Morgan fingerprint density at radius 3 is 2.63 bits per heavy atom. The maximum Gasteiger partial charge on any atom is 0.196 e. The Morgan fingerprint density at radius 1 is 0.947 bits per heavy atom. The van der Waals surface area contributed by atoms with E-state index in [-0.39, 0.29) is 5.25 Å². The molecule has 0 amide bonds. The molecular formula is C15H11N3S. The molecule has 0 N–H and O–H groups in total. The first-order chi connectivity index (χ1) is 9.43. The third kappa shape index (κ3) is 1.68. The molecule has 0 saturated carbocycles. The highest BCUT2D eigenvalue weighted by atomic mass is 32.2. The molecule has 92 valence electrons. The molecule has 1 aromatic heterocycles. The topological polar surface area (TPSA) is 30.7 Å². The highest BCUT2D eigenvalue weighted by molar-refractivity contribution is 7.99. The zero-order chi connectivity index (χ0) is 12.7. The number of aromatic nitrogens is 3. The summed E-state index contributed by atoms with van der Waals surface area (Å²) >= 11 is 1.75. The van der Waals surface area contributed by atoms with Gasteiger partial charge < -0.3 is 0 Å². The molecule has 19 heavy (non-hydrogen) atoms. The summed E-state index contributed by atoms with van der Waals surface area (Å²) in [5.41, 5.74) is 3.79. The van der Waals surface area contributed by atoms with E-state index >= 15 is 0 Å². The minimum atomic E-state index is 0.286. The Morgan fingerprint density at radius 2 is 1.74 bits per heavy atom. The van der Waals surface area contributed by atoms with Crippen LogP contribution in [0.2, 0.25) is 0 Å². The number of hydrogen-bond acceptors (Lipinski definition) is 3. The van der Waals surface area contributed by atoms with Crippen molar-refractivity contribution in [2.45, 2.75) is 10.4 Å². The van der Waals surface area contributed by atoms with Crippen LogP contribution in [-0.2, 0) is 0 Å². The lowest BCUT2D eigenvalue weighted by molar-refractivity contribution is 0.847. The van der Waals surface area contributed by atoms with Crippen molar-refractivity contribution in [3.05, 3.63) is 72.1 Å². The van der Waals surface area contributed by atoms with Gasteiger partial charge in [-0.15, -0.1) is 10.2 Å². The van der Waals surface area contributed by atoms with E-state index in [4.69, 9.17) is 0 Å². The molecule has 0 aliphatic carbocycles. The maximum absolute atomic E-state index is 4.21. The van der Waals surface area contributed by atoms with E-state index in [0.717, 1.165) is 5.16 Å². The zero-order valence-corrected chi connectivity index (χ0v) is 10.9. The summed E-state index contributed by atoms with van der Waals surface area (Å²) in [5, 5.41) is 9.47. The number of nitrogens with zero attached hydrogens (tertiary/aromatic N) is 3. The van der Waals surface area contributed by atoms with Crippen LogP contribution in [0.4, 0.5) is 0 Å². The van der Waals surface area contributed by atoms with Gasteiger partial charge in [0.2, 0.25) is 0 Å². The van der Waals surface area contributed by atoms with E-state index in [9.17, 15) is 0 Å². The van der Waals surface area contributed by atoms with Crippen molar-refractivity contribution in [1.29, 1.82) is 0 Å². The fourth-order valence-electron chi connectivity index (χ4n) is 2.44. The lowest BCUT2D eigenvalue weighted by Gasteiger charge is -2.25. The minimum Gasteiger partial charge on any atom is -0.276 e. The van der Waals surface area contributed by atoms with Gasteiger partial charge in [0, 0.05) is 0 Å². The number of benzene rings is 2. The fourth-order valence-corrected chi connectivity index (χ4v) is 3.63. The first kappa shape index (κ1) is 10.8. The van der Waals surface area contributed by atoms with Gasteiger partial charge in [0.05, 0.1) is 10.9 Å². The first-order valence-corrected chi connectivity index (χ1v) is 7.02. The van der Waals surface area contributed by atoms with Crippen LogP contribution in [0.3, 0.4) is 0 Å². The minimum absolute atomic E-state index is 0.286. The number of fused-ring (bicyclic) bond motifs is 3. The maximum atomic E-state index is 4.21. The molecule has 2 aromatic carbocycles. The van der Waals surface area contributed by atoms with Gasteiger partial charge in [-0.05, 0) is 17.2 Å². The molecule has 0 spiro atoms. The molecule has 4 heteroatoms. The monoisotopic (exact) mass is 265 g/mol. The van der Waals surface area contributed by atoms with Crippen molar-refractivity contribution >= 4 is 11.8 Å². The largest absolute Gasteiger partial charge is 0.276 e. The van der Waals surface area contributed by atoms with E-state index in [1.807, 2.05) is 6.07 Å². The van der Waals surface area contributed by atoms with Crippen LogP contribution in [0.5, 0.6) is 0 Å². The molecule has 1 unspecified atom stereocenters. The van der Waals surface area contributed by atoms with Gasteiger partial charge in [-0.2, -0.15) is 0 Å². The molecule has 1 aliphatic rings. The highest BCUT2D eigenvalue weighted by Crippen LogP contribution is 2.46. The van der Waals surface area contributed by atoms with Gasteiger partial charge in [-0.1, -0.05) is 60.3 Å². The average molecular weight is 265 g/mol. The molecule has 0 radical (unpaired) electrons. The van der Waals surface area contributed by atoms with Gasteiger partial charge in [-0.25, -0.2) is 0 Å². The van der Waals surface area contributed by atoms with Crippen molar-refractivity contribution in [2.75, 3.05) is 0 Å². The Hall–Kier alpha value is -2.07. The van der Waals surface area contributed by atoms with Crippen LogP contribution >= 0.6 is 11.8 Å². The van der Waals surface area contributed by atoms with Gasteiger partial charge in [-0.3, -0.25) is 4.57 Å². The standard InChI is InChI=1S/C15H11N3S/c1-2-6-11(7-3-1)14-12-8-4-5-9-13(12)18-10-16-17-15(18)19-14/h1-10,14H.